The zero-order valence-corrected chi connectivity index (χ0v) is 16.0. The van der Waals surface area contributed by atoms with Crippen LogP contribution in [0.2, 0.25) is 0 Å². The minimum absolute atomic E-state index is 0.270. The third-order valence-corrected chi connectivity index (χ3v) is 4.87. The van der Waals surface area contributed by atoms with Gasteiger partial charge in [0.05, 0.1) is 18.5 Å². The third-order valence-electron chi connectivity index (χ3n) is 3.74. The molecule has 0 spiro atoms. The second-order valence-electron chi connectivity index (χ2n) is 6.07. The average Bonchev–Trinajstić information content (AvgIpc) is 2.57. The first-order valence-corrected chi connectivity index (χ1v) is 10.1. The predicted octanol–water partition coefficient (Wildman–Crippen LogP) is 2.26. The number of nitrogens with one attached hydrogen (secondary N) is 1. The topological polar surface area (TPSA) is 75.7 Å². The molecule has 0 saturated carbocycles. The van der Waals surface area contributed by atoms with Gasteiger partial charge in [-0.15, -0.1) is 0 Å². The largest absolute Gasteiger partial charge is 0.492 e. The maximum absolute atomic E-state index is 12.2. The maximum atomic E-state index is 12.2. The number of aryl methyl sites for hydroxylation is 2. The number of benzene rings is 2. The number of nitrogens with zero attached hydrogens (tertiary/aromatic N) is 1. The van der Waals surface area contributed by atoms with Gasteiger partial charge < -0.3 is 10.1 Å². The number of para-hydroxylation sites is 1. The van der Waals surface area contributed by atoms with Crippen molar-refractivity contribution in [3.05, 3.63) is 59.7 Å². The molecule has 2 aromatic rings. The van der Waals surface area contributed by atoms with Crippen LogP contribution in [-0.4, -0.2) is 40.3 Å². The van der Waals surface area contributed by atoms with Gasteiger partial charge in [0.25, 0.3) is 0 Å². The minimum Gasteiger partial charge on any atom is -0.492 e. The van der Waals surface area contributed by atoms with Gasteiger partial charge in [-0.2, -0.15) is 0 Å². The maximum Gasteiger partial charge on any atom is 0.240 e. The van der Waals surface area contributed by atoms with Gasteiger partial charge >= 0.3 is 0 Å². The fourth-order valence-corrected chi connectivity index (χ4v) is 3.44. The second-order valence-corrected chi connectivity index (χ2v) is 7.98. The van der Waals surface area contributed by atoms with Crippen LogP contribution >= 0.6 is 0 Å². The first-order chi connectivity index (χ1) is 12.3. The molecule has 0 aromatic heterocycles. The van der Waals surface area contributed by atoms with E-state index in [1.165, 1.54) is 0 Å². The summed E-state index contributed by atoms with van der Waals surface area (Å²) >= 11 is 0. The standard InChI is InChI=1S/C19H24N2O4S/c1-15-9-10-18(16(2)13-15)21(26(3,23)24)14-19(22)20-11-12-25-17-7-5-4-6-8-17/h4-10,13H,11-12,14H2,1-3H3,(H,20,22). The molecule has 0 aliphatic heterocycles. The normalized spacial score (nSPS) is 11.0. The van der Waals surface area contributed by atoms with Gasteiger partial charge in [0, 0.05) is 0 Å². The number of ether oxygens (including phenoxy) is 1. The number of hydrogen-bond acceptors (Lipinski definition) is 4. The van der Waals surface area contributed by atoms with Crippen molar-refractivity contribution >= 4 is 21.6 Å². The molecular weight excluding hydrogens is 352 g/mol. The molecule has 2 aromatic carbocycles. The van der Waals surface area contributed by atoms with Crippen LogP contribution in [0.5, 0.6) is 5.75 Å². The van der Waals surface area contributed by atoms with Gasteiger partial charge in [-0.1, -0.05) is 35.9 Å². The van der Waals surface area contributed by atoms with Gasteiger partial charge in [-0.3, -0.25) is 9.10 Å². The summed E-state index contributed by atoms with van der Waals surface area (Å²) in [6, 6.07) is 14.7. The van der Waals surface area contributed by atoms with Gasteiger partial charge in [-0.05, 0) is 37.6 Å². The predicted molar refractivity (Wildman–Crippen MR) is 103 cm³/mol. The summed E-state index contributed by atoms with van der Waals surface area (Å²) in [4.78, 5) is 12.2. The molecule has 2 rings (SSSR count). The highest BCUT2D eigenvalue weighted by Gasteiger charge is 2.22. The van der Waals surface area contributed by atoms with Crippen LogP contribution in [0.25, 0.3) is 0 Å². The van der Waals surface area contributed by atoms with Crippen LogP contribution in [0, 0.1) is 13.8 Å². The molecule has 6 nitrogen and oxygen atoms in total. The molecule has 0 fully saturated rings. The molecule has 0 bridgehead atoms. The Kier molecular flexibility index (Phi) is 6.63. The minimum atomic E-state index is -3.58. The van der Waals surface area contributed by atoms with E-state index in [0.717, 1.165) is 27.4 Å². The number of amides is 1. The molecule has 7 heteroatoms. The highest BCUT2D eigenvalue weighted by molar-refractivity contribution is 7.92. The summed E-state index contributed by atoms with van der Waals surface area (Å²) in [5, 5.41) is 2.69. The number of anilines is 1. The van der Waals surface area contributed by atoms with E-state index in [1.54, 1.807) is 6.07 Å². The van der Waals surface area contributed by atoms with Crippen molar-refractivity contribution < 1.29 is 17.9 Å². The summed E-state index contributed by atoms with van der Waals surface area (Å²) in [6.45, 7) is 4.08. The molecule has 0 unspecified atom stereocenters. The first kappa shape index (κ1) is 19.8. The van der Waals surface area contributed by atoms with Crippen molar-refractivity contribution in [1.82, 2.24) is 5.32 Å². The van der Waals surface area contributed by atoms with Gasteiger partial charge in [0.1, 0.15) is 18.9 Å². The lowest BCUT2D eigenvalue weighted by Gasteiger charge is -2.24. The second kappa shape index (κ2) is 8.71. The lowest BCUT2D eigenvalue weighted by molar-refractivity contribution is -0.119. The van der Waals surface area contributed by atoms with E-state index in [4.69, 9.17) is 4.74 Å². The highest BCUT2D eigenvalue weighted by atomic mass is 32.2. The number of carbonyl (C=O) groups excluding carboxylic acids is 1. The third kappa shape index (κ3) is 5.77. The van der Waals surface area contributed by atoms with E-state index in [-0.39, 0.29) is 19.0 Å². The van der Waals surface area contributed by atoms with Crippen LogP contribution in [0.15, 0.2) is 48.5 Å². The monoisotopic (exact) mass is 376 g/mol. The summed E-state index contributed by atoms with van der Waals surface area (Å²) < 4.78 is 30.9. The first-order valence-electron chi connectivity index (χ1n) is 8.27. The van der Waals surface area contributed by atoms with Crippen LogP contribution in [0.3, 0.4) is 0 Å². The van der Waals surface area contributed by atoms with Gasteiger partial charge in [0.2, 0.25) is 15.9 Å². The van der Waals surface area contributed by atoms with Crippen molar-refractivity contribution in [3.63, 3.8) is 0 Å². The average molecular weight is 376 g/mol. The molecule has 0 heterocycles. The van der Waals surface area contributed by atoms with Crippen molar-refractivity contribution in [1.29, 1.82) is 0 Å². The Bertz CT molecular complexity index is 851. The van der Waals surface area contributed by atoms with Gasteiger partial charge in [-0.25, -0.2) is 8.42 Å². The summed E-state index contributed by atoms with van der Waals surface area (Å²) in [7, 11) is -3.58. The van der Waals surface area contributed by atoms with E-state index in [0.29, 0.717) is 12.3 Å². The lowest BCUT2D eigenvalue weighted by atomic mass is 10.1. The molecule has 26 heavy (non-hydrogen) atoms. The van der Waals surface area contributed by atoms with Crippen LogP contribution in [0.1, 0.15) is 11.1 Å². The fraction of sp³-hybridized carbons (Fsp3) is 0.316. The zero-order chi connectivity index (χ0) is 19.2. The quantitative estimate of drug-likeness (QED) is 0.717. The number of hydrogen-bond donors (Lipinski definition) is 1. The van der Waals surface area contributed by atoms with E-state index in [2.05, 4.69) is 5.32 Å². The van der Waals surface area contributed by atoms with Crippen LogP contribution in [-0.2, 0) is 14.8 Å². The Labute approximate surface area is 154 Å². The Hall–Kier alpha value is -2.54. The Balaban J connectivity index is 1.94. The molecule has 0 radical (unpaired) electrons. The molecule has 1 N–H and O–H groups in total. The fourth-order valence-electron chi connectivity index (χ4n) is 2.53. The molecule has 140 valence electrons. The molecule has 1 amide bonds. The summed E-state index contributed by atoms with van der Waals surface area (Å²) in [5.74, 6) is 0.335. The van der Waals surface area contributed by atoms with Crippen LogP contribution < -0.4 is 14.4 Å². The number of rotatable bonds is 8. The molecule has 0 aliphatic carbocycles. The zero-order valence-electron chi connectivity index (χ0n) is 15.2. The molecule has 0 saturated heterocycles. The van der Waals surface area contributed by atoms with E-state index >= 15 is 0 Å². The Morgan fingerprint density at radius 2 is 1.81 bits per heavy atom. The van der Waals surface area contributed by atoms with E-state index < -0.39 is 10.0 Å². The number of sulfonamides is 1. The van der Waals surface area contributed by atoms with Gasteiger partial charge in [0.15, 0.2) is 0 Å². The highest BCUT2D eigenvalue weighted by Crippen LogP contribution is 2.23. The number of carbonyl (C=O) groups is 1. The van der Waals surface area contributed by atoms with E-state index in [1.807, 2.05) is 56.3 Å². The summed E-state index contributed by atoms with van der Waals surface area (Å²) in [6.07, 6.45) is 1.10. The molecule has 0 aliphatic rings. The lowest BCUT2D eigenvalue weighted by Crippen LogP contribution is -2.41. The SMILES string of the molecule is Cc1ccc(N(CC(=O)NCCOc2ccccc2)S(C)(=O)=O)c(C)c1. The van der Waals surface area contributed by atoms with Crippen molar-refractivity contribution in [3.8, 4) is 5.75 Å². The molecule has 0 atom stereocenters. The Morgan fingerprint density at radius 3 is 2.42 bits per heavy atom. The van der Waals surface area contributed by atoms with Crippen molar-refractivity contribution in [2.45, 2.75) is 13.8 Å². The van der Waals surface area contributed by atoms with E-state index in [9.17, 15) is 13.2 Å². The van der Waals surface area contributed by atoms with Crippen molar-refractivity contribution in [2.75, 3.05) is 30.3 Å². The Morgan fingerprint density at radius 1 is 1.12 bits per heavy atom. The van der Waals surface area contributed by atoms with Crippen molar-refractivity contribution in [2.24, 2.45) is 0 Å². The smallest absolute Gasteiger partial charge is 0.240 e. The van der Waals surface area contributed by atoms with Crippen LogP contribution in [0.4, 0.5) is 5.69 Å². The molecular formula is C19H24N2O4S. The summed E-state index contributed by atoms with van der Waals surface area (Å²) in [5.41, 5.74) is 2.34.